The molecule has 1 aromatic rings. The Morgan fingerprint density at radius 2 is 2.24 bits per heavy atom. The molecule has 0 bridgehead atoms. The SMILES string of the molecule is COCc1nc(N)cc(NCCCCSC)n1. The van der Waals surface area contributed by atoms with E-state index in [1.807, 2.05) is 11.8 Å². The number of hydrogen-bond donors (Lipinski definition) is 2. The average molecular weight is 256 g/mol. The summed E-state index contributed by atoms with van der Waals surface area (Å²) in [6, 6.07) is 1.74. The molecule has 0 saturated heterocycles. The van der Waals surface area contributed by atoms with E-state index in [4.69, 9.17) is 10.5 Å². The van der Waals surface area contributed by atoms with Crippen LogP contribution in [0.4, 0.5) is 11.6 Å². The Hall–Kier alpha value is -1.01. The van der Waals surface area contributed by atoms with Crippen LogP contribution in [0.1, 0.15) is 18.7 Å². The van der Waals surface area contributed by atoms with Gasteiger partial charge >= 0.3 is 0 Å². The fraction of sp³-hybridized carbons (Fsp3) is 0.636. The van der Waals surface area contributed by atoms with Gasteiger partial charge in [-0.05, 0) is 24.9 Å². The van der Waals surface area contributed by atoms with Gasteiger partial charge in [0.25, 0.3) is 0 Å². The Bertz CT molecular complexity index is 335. The molecule has 1 rings (SSSR count). The minimum absolute atomic E-state index is 0.381. The highest BCUT2D eigenvalue weighted by Crippen LogP contribution is 2.09. The number of rotatable bonds is 8. The maximum atomic E-state index is 5.69. The van der Waals surface area contributed by atoms with E-state index in [-0.39, 0.29) is 0 Å². The highest BCUT2D eigenvalue weighted by atomic mass is 32.2. The van der Waals surface area contributed by atoms with Crippen molar-refractivity contribution in [3.63, 3.8) is 0 Å². The molecule has 0 aliphatic rings. The predicted molar refractivity (Wildman–Crippen MR) is 73.3 cm³/mol. The molecule has 0 saturated carbocycles. The van der Waals surface area contributed by atoms with E-state index in [9.17, 15) is 0 Å². The second kappa shape index (κ2) is 8.14. The summed E-state index contributed by atoms with van der Waals surface area (Å²) >= 11 is 1.87. The summed E-state index contributed by atoms with van der Waals surface area (Å²) in [7, 11) is 1.61. The van der Waals surface area contributed by atoms with E-state index in [2.05, 4.69) is 21.5 Å². The van der Waals surface area contributed by atoms with Gasteiger partial charge in [0.05, 0.1) is 0 Å². The third kappa shape index (κ3) is 5.74. The number of nitrogen functional groups attached to an aromatic ring is 1. The van der Waals surface area contributed by atoms with Crippen LogP contribution in [0.15, 0.2) is 6.07 Å². The average Bonchev–Trinajstić information content (AvgIpc) is 2.28. The lowest BCUT2D eigenvalue weighted by Gasteiger charge is -2.07. The van der Waals surface area contributed by atoms with Gasteiger partial charge in [-0.2, -0.15) is 11.8 Å². The molecule has 0 atom stereocenters. The number of methoxy groups -OCH3 is 1. The van der Waals surface area contributed by atoms with Gasteiger partial charge in [-0.3, -0.25) is 0 Å². The van der Waals surface area contributed by atoms with Crippen LogP contribution in [-0.4, -0.2) is 35.6 Å². The number of anilines is 2. The lowest BCUT2D eigenvalue weighted by molar-refractivity contribution is 0.178. The first-order valence-corrected chi connectivity index (χ1v) is 7.01. The minimum atomic E-state index is 0.381. The quantitative estimate of drug-likeness (QED) is 0.690. The summed E-state index contributed by atoms with van der Waals surface area (Å²) in [4.78, 5) is 8.39. The van der Waals surface area contributed by atoms with E-state index in [0.717, 1.165) is 18.8 Å². The molecule has 0 aliphatic heterocycles. The number of unbranched alkanes of at least 4 members (excludes halogenated alkanes) is 1. The Labute approximate surface area is 107 Å². The molecule has 6 heteroatoms. The van der Waals surface area contributed by atoms with Crippen LogP contribution in [0.5, 0.6) is 0 Å². The molecule has 5 nitrogen and oxygen atoms in total. The molecule has 96 valence electrons. The van der Waals surface area contributed by atoms with Gasteiger partial charge in [-0.15, -0.1) is 0 Å². The van der Waals surface area contributed by atoms with Gasteiger partial charge in [-0.1, -0.05) is 0 Å². The fourth-order valence-corrected chi connectivity index (χ4v) is 1.88. The number of hydrogen-bond acceptors (Lipinski definition) is 6. The topological polar surface area (TPSA) is 73.1 Å². The van der Waals surface area contributed by atoms with Gasteiger partial charge in [0, 0.05) is 19.7 Å². The van der Waals surface area contributed by atoms with Crippen LogP contribution in [0.3, 0.4) is 0 Å². The molecule has 0 amide bonds. The first kappa shape index (κ1) is 14.1. The van der Waals surface area contributed by atoms with Gasteiger partial charge in [0.2, 0.25) is 0 Å². The van der Waals surface area contributed by atoms with E-state index in [1.165, 1.54) is 12.2 Å². The van der Waals surface area contributed by atoms with Gasteiger partial charge in [0.15, 0.2) is 5.82 Å². The third-order valence-corrected chi connectivity index (χ3v) is 2.84. The van der Waals surface area contributed by atoms with Crippen molar-refractivity contribution < 1.29 is 4.74 Å². The van der Waals surface area contributed by atoms with Crippen molar-refractivity contribution in [2.75, 3.05) is 36.7 Å². The zero-order valence-electron chi connectivity index (χ0n) is 10.4. The largest absolute Gasteiger partial charge is 0.384 e. The van der Waals surface area contributed by atoms with Crippen molar-refractivity contribution in [2.24, 2.45) is 0 Å². The first-order chi connectivity index (χ1) is 8.26. The molecule has 0 spiro atoms. The smallest absolute Gasteiger partial charge is 0.158 e. The second-order valence-electron chi connectivity index (χ2n) is 3.65. The highest BCUT2D eigenvalue weighted by Gasteiger charge is 2.01. The number of thioether (sulfide) groups is 1. The van der Waals surface area contributed by atoms with E-state index in [0.29, 0.717) is 18.2 Å². The highest BCUT2D eigenvalue weighted by molar-refractivity contribution is 7.98. The van der Waals surface area contributed by atoms with Crippen LogP contribution in [0.2, 0.25) is 0 Å². The van der Waals surface area contributed by atoms with E-state index < -0.39 is 0 Å². The normalized spacial score (nSPS) is 10.5. The number of ether oxygens (including phenoxy) is 1. The number of nitrogens with zero attached hydrogens (tertiary/aromatic N) is 2. The van der Waals surface area contributed by atoms with Crippen molar-refractivity contribution in [2.45, 2.75) is 19.4 Å². The maximum absolute atomic E-state index is 5.69. The second-order valence-corrected chi connectivity index (χ2v) is 4.64. The molecular weight excluding hydrogens is 236 g/mol. The number of aromatic nitrogens is 2. The van der Waals surface area contributed by atoms with Crippen molar-refractivity contribution in [1.82, 2.24) is 9.97 Å². The molecule has 0 radical (unpaired) electrons. The summed E-state index contributed by atoms with van der Waals surface area (Å²) in [6.07, 6.45) is 4.46. The number of nitrogens with one attached hydrogen (secondary N) is 1. The minimum Gasteiger partial charge on any atom is -0.384 e. The summed E-state index contributed by atoms with van der Waals surface area (Å²) < 4.78 is 4.98. The van der Waals surface area contributed by atoms with Crippen molar-refractivity contribution in [1.29, 1.82) is 0 Å². The Morgan fingerprint density at radius 3 is 2.94 bits per heavy atom. The van der Waals surface area contributed by atoms with Gasteiger partial charge in [0.1, 0.15) is 18.2 Å². The molecule has 0 aliphatic carbocycles. The molecule has 1 aromatic heterocycles. The fourth-order valence-electron chi connectivity index (χ4n) is 1.39. The monoisotopic (exact) mass is 256 g/mol. The van der Waals surface area contributed by atoms with E-state index in [1.54, 1.807) is 13.2 Å². The summed E-state index contributed by atoms with van der Waals surface area (Å²) in [6.45, 7) is 1.29. The number of nitrogens with two attached hydrogens (primary N) is 1. The molecule has 0 unspecified atom stereocenters. The van der Waals surface area contributed by atoms with Crippen LogP contribution in [0, 0.1) is 0 Å². The molecule has 0 fully saturated rings. The van der Waals surface area contributed by atoms with Crippen molar-refractivity contribution in [3.8, 4) is 0 Å². The molecular formula is C11H20N4OS. The summed E-state index contributed by atoms with van der Waals surface area (Å²) in [5.74, 6) is 3.05. The maximum Gasteiger partial charge on any atom is 0.158 e. The molecule has 1 heterocycles. The molecule has 3 N–H and O–H groups in total. The van der Waals surface area contributed by atoms with Crippen molar-refractivity contribution in [3.05, 3.63) is 11.9 Å². The van der Waals surface area contributed by atoms with Crippen LogP contribution >= 0.6 is 11.8 Å². The van der Waals surface area contributed by atoms with Crippen LogP contribution in [0.25, 0.3) is 0 Å². The summed E-state index contributed by atoms with van der Waals surface area (Å²) in [5, 5.41) is 3.25. The third-order valence-electron chi connectivity index (χ3n) is 2.15. The zero-order chi connectivity index (χ0) is 12.5. The standard InChI is InChI=1S/C11H20N4OS/c1-16-8-11-14-9(12)7-10(15-11)13-5-3-4-6-17-2/h7H,3-6,8H2,1-2H3,(H3,12,13,14,15). The van der Waals surface area contributed by atoms with E-state index >= 15 is 0 Å². The van der Waals surface area contributed by atoms with Crippen LogP contribution < -0.4 is 11.1 Å². The van der Waals surface area contributed by atoms with Gasteiger partial charge in [-0.25, -0.2) is 9.97 Å². The Kier molecular flexibility index (Phi) is 6.73. The lowest BCUT2D eigenvalue weighted by atomic mass is 10.3. The van der Waals surface area contributed by atoms with Crippen molar-refractivity contribution >= 4 is 23.4 Å². The Balaban J connectivity index is 2.41. The lowest BCUT2D eigenvalue weighted by Crippen LogP contribution is -2.08. The zero-order valence-corrected chi connectivity index (χ0v) is 11.2. The predicted octanol–water partition coefficient (Wildman–Crippen LogP) is 1.76. The molecule has 0 aromatic carbocycles. The first-order valence-electron chi connectivity index (χ1n) is 5.61. The Morgan fingerprint density at radius 1 is 1.41 bits per heavy atom. The van der Waals surface area contributed by atoms with Gasteiger partial charge < -0.3 is 15.8 Å². The molecule has 17 heavy (non-hydrogen) atoms. The summed E-state index contributed by atoms with van der Waals surface area (Å²) in [5.41, 5.74) is 5.69. The van der Waals surface area contributed by atoms with Crippen LogP contribution in [-0.2, 0) is 11.3 Å².